The summed E-state index contributed by atoms with van der Waals surface area (Å²) < 4.78 is 0. The van der Waals surface area contributed by atoms with Gasteiger partial charge in [-0.3, -0.25) is 4.79 Å². The molecule has 18 heavy (non-hydrogen) atoms. The summed E-state index contributed by atoms with van der Waals surface area (Å²) in [6.07, 6.45) is 2.87. The highest BCUT2D eigenvalue weighted by Crippen LogP contribution is 2.29. The van der Waals surface area contributed by atoms with E-state index >= 15 is 0 Å². The van der Waals surface area contributed by atoms with Gasteiger partial charge in [0.15, 0.2) is 0 Å². The van der Waals surface area contributed by atoms with Crippen molar-refractivity contribution in [2.75, 3.05) is 20.1 Å². The number of hydrogen-bond donors (Lipinski definition) is 1. The third-order valence-electron chi connectivity index (χ3n) is 3.61. The molecule has 0 aliphatic carbocycles. The number of carboxylic acid groups (broad SMARTS) is 1. The Kier molecular flexibility index (Phi) is 4.35. The maximum absolute atomic E-state index is 10.8. The number of carboxylic acids is 1. The van der Waals surface area contributed by atoms with Gasteiger partial charge in [-0.2, -0.15) is 0 Å². The Morgan fingerprint density at radius 1 is 1.61 bits per heavy atom. The molecule has 1 aromatic rings. The molecule has 1 aliphatic rings. The Morgan fingerprint density at radius 3 is 2.89 bits per heavy atom. The van der Waals surface area contributed by atoms with Crippen molar-refractivity contribution in [3.63, 3.8) is 0 Å². The molecule has 0 spiro atoms. The molecular formula is C13H20N2O2S. The van der Waals surface area contributed by atoms with E-state index in [2.05, 4.69) is 22.3 Å². The summed E-state index contributed by atoms with van der Waals surface area (Å²) in [6.45, 7) is 3.99. The molecule has 100 valence electrons. The van der Waals surface area contributed by atoms with Crippen molar-refractivity contribution in [1.82, 2.24) is 9.88 Å². The topological polar surface area (TPSA) is 53.4 Å². The lowest BCUT2D eigenvalue weighted by molar-refractivity contribution is -0.141. The molecule has 0 amide bonds. The molecule has 0 bridgehead atoms. The van der Waals surface area contributed by atoms with E-state index in [1.807, 2.05) is 0 Å². The number of nitrogens with zero attached hydrogens (tertiary/aromatic N) is 2. The maximum Gasteiger partial charge on any atom is 0.306 e. The molecule has 1 atom stereocenters. The van der Waals surface area contributed by atoms with Crippen LogP contribution in [-0.2, 0) is 11.2 Å². The normalized spacial score (nSPS) is 19.9. The van der Waals surface area contributed by atoms with Gasteiger partial charge in [-0.1, -0.05) is 6.92 Å². The van der Waals surface area contributed by atoms with Crippen LogP contribution in [0.3, 0.4) is 0 Å². The molecular weight excluding hydrogens is 248 g/mol. The molecule has 2 rings (SSSR count). The minimum absolute atomic E-state index is 0.346. The molecule has 4 nitrogen and oxygen atoms in total. The predicted molar refractivity (Wildman–Crippen MR) is 72.1 cm³/mol. The van der Waals surface area contributed by atoms with Crippen molar-refractivity contribution >= 4 is 17.3 Å². The van der Waals surface area contributed by atoms with Crippen LogP contribution in [0.25, 0.3) is 0 Å². The van der Waals surface area contributed by atoms with Crippen LogP contribution >= 0.6 is 11.3 Å². The third kappa shape index (κ3) is 3.29. The molecule has 1 saturated heterocycles. The highest BCUT2D eigenvalue weighted by Gasteiger charge is 2.21. The summed E-state index contributed by atoms with van der Waals surface area (Å²) in [5.74, 6) is -0.529. The average Bonchev–Trinajstić information content (AvgIpc) is 2.78. The van der Waals surface area contributed by atoms with Crippen molar-refractivity contribution in [2.24, 2.45) is 5.92 Å². The van der Waals surface area contributed by atoms with Gasteiger partial charge in [0.25, 0.3) is 0 Å². The summed E-state index contributed by atoms with van der Waals surface area (Å²) in [5, 5.41) is 12.0. The lowest BCUT2D eigenvalue weighted by Crippen LogP contribution is -2.29. The Hall–Kier alpha value is -0.940. The molecule has 5 heteroatoms. The highest BCUT2D eigenvalue weighted by atomic mass is 32.1. The summed E-state index contributed by atoms with van der Waals surface area (Å²) in [5.41, 5.74) is 1.17. The van der Waals surface area contributed by atoms with Crippen LogP contribution in [0.1, 0.15) is 36.4 Å². The third-order valence-corrected chi connectivity index (χ3v) is 4.50. The van der Waals surface area contributed by atoms with E-state index in [1.165, 1.54) is 5.69 Å². The molecule has 1 aromatic heterocycles. The number of aliphatic carboxylic acids is 1. The van der Waals surface area contributed by atoms with E-state index in [-0.39, 0.29) is 5.92 Å². The Bertz CT molecular complexity index is 411. The lowest BCUT2D eigenvalue weighted by atomic mass is 9.94. The SMILES string of the molecule is CC(Cc1nc(C2CCN(C)CC2)cs1)C(=O)O. The number of thiazole rings is 1. The maximum atomic E-state index is 10.8. The number of aromatic nitrogens is 1. The van der Waals surface area contributed by atoms with Crippen molar-refractivity contribution in [1.29, 1.82) is 0 Å². The molecule has 0 radical (unpaired) electrons. The first-order valence-electron chi connectivity index (χ1n) is 6.42. The second-order valence-electron chi connectivity index (χ2n) is 5.19. The van der Waals surface area contributed by atoms with E-state index < -0.39 is 5.97 Å². The van der Waals surface area contributed by atoms with Crippen LogP contribution in [0, 0.1) is 5.92 Å². The minimum Gasteiger partial charge on any atom is -0.481 e. The summed E-state index contributed by atoms with van der Waals surface area (Å²) >= 11 is 1.60. The second kappa shape index (κ2) is 5.80. The molecule has 1 aliphatic heterocycles. The number of carbonyl (C=O) groups is 1. The second-order valence-corrected chi connectivity index (χ2v) is 6.13. The van der Waals surface area contributed by atoms with Gasteiger partial charge < -0.3 is 10.0 Å². The fourth-order valence-electron chi connectivity index (χ4n) is 2.26. The lowest BCUT2D eigenvalue weighted by Gasteiger charge is -2.27. The van der Waals surface area contributed by atoms with Crippen LogP contribution in [0.4, 0.5) is 0 Å². The smallest absolute Gasteiger partial charge is 0.306 e. The molecule has 1 fully saturated rings. The minimum atomic E-state index is -0.744. The zero-order valence-corrected chi connectivity index (χ0v) is 11.7. The first kappa shape index (κ1) is 13.5. The van der Waals surface area contributed by atoms with Gasteiger partial charge in [-0.15, -0.1) is 11.3 Å². The van der Waals surface area contributed by atoms with Crippen molar-refractivity contribution in [3.8, 4) is 0 Å². The Balaban J connectivity index is 1.95. The zero-order chi connectivity index (χ0) is 13.1. The Labute approximate surface area is 112 Å². The van der Waals surface area contributed by atoms with Crippen molar-refractivity contribution < 1.29 is 9.90 Å². The first-order chi connectivity index (χ1) is 8.56. The molecule has 0 aromatic carbocycles. The van der Waals surface area contributed by atoms with Gasteiger partial charge >= 0.3 is 5.97 Å². The fourth-order valence-corrected chi connectivity index (χ4v) is 3.27. The van der Waals surface area contributed by atoms with Gasteiger partial charge in [0.2, 0.25) is 0 Å². The Morgan fingerprint density at radius 2 is 2.28 bits per heavy atom. The van der Waals surface area contributed by atoms with Crippen LogP contribution in [-0.4, -0.2) is 41.1 Å². The summed E-state index contributed by atoms with van der Waals surface area (Å²) in [7, 11) is 2.15. The predicted octanol–water partition coefficient (Wildman–Crippen LogP) is 2.22. The van der Waals surface area contributed by atoms with Crippen molar-refractivity contribution in [3.05, 3.63) is 16.1 Å². The van der Waals surface area contributed by atoms with Crippen molar-refractivity contribution in [2.45, 2.75) is 32.1 Å². The van der Waals surface area contributed by atoms with Gasteiger partial charge in [0.05, 0.1) is 16.6 Å². The number of likely N-dealkylation sites (tertiary alicyclic amines) is 1. The van der Waals surface area contributed by atoms with E-state index in [9.17, 15) is 4.79 Å². The quantitative estimate of drug-likeness (QED) is 0.909. The largest absolute Gasteiger partial charge is 0.481 e. The van der Waals surface area contributed by atoms with E-state index in [4.69, 9.17) is 5.11 Å². The van der Waals surface area contributed by atoms with E-state index in [0.29, 0.717) is 12.3 Å². The number of hydrogen-bond acceptors (Lipinski definition) is 4. The number of rotatable bonds is 4. The average molecular weight is 268 g/mol. The van der Waals surface area contributed by atoms with Crippen LogP contribution < -0.4 is 0 Å². The highest BCUT2D eigenvalue weighted by molar-refractivity contribution is 7.09. The molecule has 1 unspecified atom stereocenters. The van der Waals surface area contributed by atoms with E-state index in [0.717, 1.165) is 30.9 Å². The summed E-state index contributed by atoms with van der Waals surface area (Å²) in [6, 6.07) is 0. The van der Waals surface area contributed by atoms with Crippen LogP contribution in [0.5, 0.6) is 0 Å². The molecule has 0 saturated carbocycles. The fraction of sp³-hybridized carbons (Fsp3) is 0.692. The standard InChI is InChI=1S/C13H20N2O2S/c1-9(13(16)17)7-12-14-11(8-18-12)10-3-5-15(2)6-4-10/h8-10H,3-7H2,1-2H3,(H,16,17). The first-order valence-corrected chi connectivity index (χ1v) is 7.30. The van der Waals surface area contributed by atoms with Crippen LogP contribution in [0.2, 0.25) is 0 Å². The monoisotopic (exact) mass is 268 g/mol. The van der Waals surface area contributed by atoms with Crippen LogP contribution in [0.15, 0.2) is 5.38 Å². The van der Waals surface area contributed by atoms with Gasteiger partial charge in [-0.25, -0.2) is 4.98 Å². The number of piperidine rings is 1. The van der Waals surface area contributed by atoms with Gasteiger partial charge in [0.1, 0.15) is 0 Å². The molecule has 1 N–H and O–H groups in total. The van der Waals surface area contributed by atoms with E-state index in [1.54, 1.807) is 18.3 Å². The van der Waals surface area contributed by atoms with Gasteiger partial charge in [0, 0.05) is 17.7 Å². The molecule has 2 heterocycles. The summed E-state index contributed by atoms with van der Waals surface area (Å²) in [4.78, 5) is 17.8. The zero-order valence-electron chi connectivity index (χ0n) is 10.9. The van der Waals surface area contributed by atoms with Gasteiger partial charge in [-0.05, 0) is 33.0 Å².